The fourth-order valence-corrected chi connectivity index (χ4v) is 2.22. The molecule has 1 aromatic carbocycles. The molecular formula is C14H18ClF3N2O2. The van der Waals surface area contributed by atoms with Crippen molar-refractivity contribution >= 4 is 18.3 Å². The molecular weight excluding hydrogens is 321 g/mol. The maximum Gasteiger partial charge on any atom is 0.573 e. The van der Waals surface area contributed by atoms with Crippen LogP contribution in [0.25, 0.3) is 0 Å². The average molecular weight is 339 g/mol. The summed E-state index contributed by atoms with van der Waals surface area (Å²) in [5.41, 5.74) is 0.298. The minimum atomic E-state index is -4.69. The van der Waals surface area contributed by atoms with E-state index >= 15 is 0 Å². The molecule has 1 aromatic rings. The lowest BCUT2D eigenvalue weighted by Crippen LogP contribution is -2.39. The summed E-state index contributed by atoms with van der Waals surface area (Å²) in [7, 11) is 0. The summed E-state index contributed by atoms with van der Waals surface area (Å²) in [6, 6.07) is 5.45. The molecule has 2 N–H and O–H groups in total. The van der Waals surface area contributed by atoms with Crippen molar-refractivity contribution in [2.24, 2.45) is 5.41 Å². The molecule has 22 heavy (non-hydrogen) atoms. The molecule has 1 unspecified atom stereocenters. The SMILES string of the molecule is CC1(C(=O)NCc2ccc(OC(F)(F)F)cc2)CCNC1.Cl. The summed E-state index contributed by atoms with van der Waals surface area (Å²) in [4.78, 5) is 12.1. The van der Waals surface area contributed by atoms with Crippen molar-refractivity contribution in [3.8, 4) is 5.75 Å². The Morgan fingerprint density at radius 2 is 2.00 bits per heavy atom. The summed E-state index contributed by atoms with van der Waals surface area (Å²) in [6.07, 6.45) is -3.92. The lowest BCUT2D eigenvalue weighted by atomic mass is 9.89. The van der Waals surface area contributed by atoms with Gasteiger partial charge in [0.05, 0.1) is 5.41 Å². The van der Waals surface area contributed by atoms with Gasteiger partial charge in [-0.15, -0.1) is 25.6 Å². The molecule has 1 amide bonds. The molecule has 1 heterocycles. The molecule has 8 heteroatoms. The molecule has 2 rings (SSSR count). The van der Waals surface area contributed by atoms with Crippen molar-refractivity contribution in [3.63, 3.8) is 0 Å². The Labute approximate surface area is 132 Å². The second kappa shape index (κ2) is 7.19. The van der Waals surface area contributed by atoms with Crippen LogP contribution in [0.1, 0.15) is 18.9 Å². The maximum absolute atomic E-state index is 12.1. The quantitative estimate of drug-likeness (QED) is 0.887. The Balaban J connectivity index is 0.00000242. The molecule has 1 fully saturated rings. The Bertz CT molecular complexity index is 500. The van der Waals surface area contributed by atoms with Crippen LogP contribution in [0.4, 0.5) is 13.2 Å². The molecule has 0 radical (unpaired) electrons. The first kappa shape index (κ1) is 18.6. The number of hydrogen-bond acceptors (Lipinski definition) is 3. The summed E-state index contributed by atoms with van der Waals surface area (Å²) in [5, 5.41) is 5.94. The number of benzene rings is 1. The molecule has 1 saturated heterocycles. The summed E-state index contributed by atoms with van der Waals surface area (Å²) < 4.78 is 39.9. The van der Waals surface area contributed by atoms with Crippen molar-refractivity contribution < 1.29 is 22.7 Å². The zero-order valence-corrected chi connectivity index (χ0v) is 12.8. The highest BCUT2D eigenvalue weighted by Gasteiger charge is 2.36. The van der Waals surface area contributed by atoms with E-state index in [1.54, 1.807) is 0 Å². The largest absolute Gasteiger partial charge is 0.573 e. The first-order chi connectivity index (χ1) is 9.78. The van der Waals surface area contributed by atoms with E-state index in [1.807, 2.05) is 6.92 Å². The third-order valence-corrected chi connectivity index (χ3v) is 3.53. The van der Waals surface area contributed by atoms with E-state index in [4.69, 9.17) is 0 Å². The number of ether oxygens (including phenoxy) is 1. The van der Waals surface area contributed by atoms with E-state index in [0.717, 1.165) is 13.0 Å². The van der Waals surface area contributed by atoms with Crippen molar-refractivity contribution in [2.75, 3.05) is 13.1 Å². The van der Waals surface area contributed by atoms with Crippen LogP contribution in [0.2, 0.25) is 0 Å². The Morgan fingerprint density at radius 3 is 2.50 bits per heavy atom. The second-order valence-corrected chi connectivity index (χ2v) is 5.36. The molecule has 124 valence electrons. The van der Waals surface area contributed by atoms with Gasteiger partial charge in [-0.05, 0) is 37.6 Å². The number of carbonyl (C=O) groups excluding carboxylic acids is 1. The van der Waals surface area contributed by atoms with Gasteiger partial charge in [-0.2, -0.15) is 0 Å². The predicted octanol–water partition coefficient (Wildman–Crippen LogP) is 2.62. The first-order valence-electron chi connectivity index (χ1n) is 6.62. The molecule has 0 bridgehead atoms. The van der Waals surface area contributed by atoms with Crippen molar-refractivity contribution in [2.45, 2.75) is 26.3 Å². The molecule has 1 atom stereocenters. The molecule has 0 saturated carbocycles. The number of amides is 1. The minimum absolute atomic E-state index is 0. The van der Waals surface area contributed by atoms with Crippen LogP contribution >= 0.6 is 12.4 Å². The Kier molecular flexibility index (Phi) is 6.08. The minimum Gasteiger partial charge on any atom is -0.406 e. The average Bonchev–Trinajstić information content (AvgIpc) is 2.84. The molecule has 1 aliphatic rings. The van der Waals surface area contributed by atoms with Crippen molar-refractivity contribution in [1.82, 2.24) is 10.6 Å². The highest BCUT2D eigenvalue weighted by atomic mass is 35.5. The number of alkyl halides is 3. The third-order valence-electron chi connectivity index (χ3n) is 3.53. The van der Waals surface area contributed by atoms with Crippen LogP contribution in [0, 0.1) is 5.41 Å². The van der Waals surface area contributed by atoms with Gasteiger partial charge in [-0.3, -0.25) is 4.79 Å². The van der Waals surface area contributed by atoms with E-state index in [0.29, 0.717) is 12.1 Å². The lowest BCUT2D eigenvalue weighted by Gasteiger charge is -2.21. The number of carbonyl (C=O) groups is 1. The highest BCUT2D eigenvalue weighted by molar-refractivity contribution is 5.85. The van der Waals surface area contributed by atoms with Gasteiger partial charge >= 0.3 is 6.36 Å². The fourth-order valence-electron chi connectivity index (χ4n) is 2.22. The standard InChI is InChI=1S/C14H17F3N2O2.ClH/c1-13(6-7-18-9-13)12(20)19-8-10-2-4-11(5-3-10)21-14(15,16)17;/h2-5,18H,6-9H2,1H3,(H,19,20);1H. The van der Waals surface area contributed by atoms with E-state index in [1.165, 1.54) is 24.3 Å². The van der Waals surface area contributed by atoms with E-state index in [9.17, 15) is 18.0 Å². The molecule has 0 aromatic heterocycles. The van der Waals surface area contributed by atoms with E-state index in [-0.39, 0.29) is 30.6 Å². The van der Waals surface area contributed by atoms with Gasteiger partial charge in [-0.25, -0.2) is 0 Å². The van der Waals surface area contributed by atoms with E-state index in [2.05, 4.69) is 15.4 Å². The van der Waals surface area contributed by atoms with Crippen LogP contribution in [-0.2, 0) is 11.3 Å². The molecule has 4 nitrogen and oxygen atoms in total. The Morgan fingerprint density at radius 1 is 1.36 bits per heavy atom. The van der Waals surface area contributed by atoms with Gasteiger partial charge < -0.3 is 15.4 Å². The maximum atomic E-state index is 12.1. The monoisotopic (exact) mass is 338 g/mol. The van der Waals surface area contributed by atoms with Crippen LogP contribution in [0.15, 0.2) is 24.3 Å². The zero-order valence-electron chi connectivity index (χ0n) is 12.0. The van der Waals surface area contributed by atoms with Crippen molar-refractivity contribution in [3.05, 3.63) is 29.8 Å². The number of hydrogen-bond donors (Lipinski definition) is 2. The van der Waals surface area contributed by atoms with Gasteiger partial charge in [-0.1, -0.05) is 12.1 Å². The van der Waals surface area contributed by atoms with Gasteiger partial charge in [0.2, 0.25) is 5.91 Å². The normalized spacial score (nSPS) is 21.1. The van der Waals surface area contributed by atoms with Crippen LogP contribution in [-0.4, -0.2) is 25.4 Å². The highest BCUT2D eigenvalue weighted by Crippen LogP contribution is 2.25. The molecule has 1 aliphatic heterocycles. The first-order valence-corrected chi connectivity index (χ1v) is 6.62. The summed E-state index contributed by atoms with van der Waals surface area (Å²) >= 11 is 0. The topological polar surface area (TPSA) is 50.4 Å². The van der Waals surface area contributed by atoms with Crippen molar-refractivity contribution in [1.29, 1.82) is 0 Å². The lowest BCUT2D eigenvalue weighted by molar-refractivity contribution is -0.274. The van der Waals surface area contributed by atoms with Crippen LogP contribution in [0.5, 0.6) is 5.75 Å². The number of rotatable bonds is 4. The van der Waals surface area contributed by atoms with E-state index < -0.39 is 11.8 Å². The van der Waals surface area contributed by atoms with Gasteiger partial charge in [0.25, 0.3) is 0 Å². The number of nitrogens with one attached hydrogen (secondary N) is 2. The predicted molar refractivity (Wildman–Crippen MR) is 77.8 cm³/mol. The van der Waals surface area contributed by atoms with Gasteiger partial charge in [0, 0.05) is 13.1 Å². The van der Waals surface area contributed by atoms with Crippen LogP contribution < -0.4 is 15.4 Å². The van der Waals surface area contributed by atoms with Crippen LogP contribution in [0.3, 0.4) is 0 Å². The molecule has 0 spiro atoms. The molecule has 0 aliphatic carbocycles. The van der Waals surface area contributed by atoms with Gasteiger partial charge in [0.15, 0.2) is 0 Å². The smallest absolute Gasteiger partial charge is 0.406 e. The summed E-state index contributed by atoms with van der Waals surface area (Å²) in [5.74, 6) is -0.326. The zero-order chi connectivity index (χ0) is 15.5. The third kappa shape index (κ3) is 5.06. The van der Waals surface area contributed by atoms with Gasteiger partial charge in [0.1, 0.15) is 5.75 Å². The second-order valence-electron chi connectivity index (χ2n) is 5.36. The summed E-state index contributed by atoms with van der Waals surface area (Å²) in [6.45, 7) is 3.62. The number of halogens is 4. The fraction of sp³-hybridized carbons (Fsp3) is 0.500. The Hall–Kier alpha value is -1.47.